The first-order valence-electron chi connectivity index (χ1n) is 4.81. The minimum absolute atomic E-state index is 0.141. The van der Waals surface area contributed by atoms with Gasteiger partial charge in [0.1, 0.15) is 5.76 Å². The van der Waals surface area contributed by atoms with Gasteiger partial charge in [0, 0.05) is 11.5 Å². The molecular formula is C10H13F2NO2. The normalized spacial score (nSPS) is 23.9. The van der Waals surface area contributed by atoms with Crippen molar-refractivity contribution in [1.82, 2.24) is 5.16 Å². The summed E-state index contributed by atoms with van der Waals surface area (Å²) < 4.78 is 35.0. The van der Waals surface area contributed by atoms with Gasteiger partial charge in [0.2, 0.25) is 0 Å². The summed E-state index contributed by atoms with van der Waals surface area (Å²) in [7, 11) is 0. The van der Waals surface area contributed by atoms with Crippen molar-refractivity contribution in [3.05, 3.63) is 11.8 Å². The molecule has 1 unspecified atom stereocenters. The lowest BCUT2D eigenvalue weighted by Crippen LogP contribution is -2.09. The van der Waals surface area contributed by atoms with E-state index in [-0.39, 0.29) is 17.7 Å². The summed E-state index contributed by atoms with van der Waals surface area (Å²) in [6.45, 7) is 5.84. The largest absolute Gasteiger partial charge is 0.466 e. The predicted octanol–water partition coefficient (Wildman–Crippen LogP) is 2.76. The zero-order valence-corrected chi connectivity index (χ0v) is 8.88. The van der Waals surface area contributed by atoms with Crippen molar-refractivity contribution in [3.8, 4) is 5.88 Å². The molecule has 84 valence electrons. The molecule has 1 aromatic heterocycles. The maximum atomic E-state index is 12.5. The van der Waals surface area contributed by atoms with E-state index < -0.39 is 12.0 Å². The van der Waals surface area contributed by atoms with E-state index in [1.807, 2.05) is 20.8 Å². The maximum Gasteiger partial charge on any atom is 0.288 e. The van der Waals surface area contributed by atoms with Crippen molar-refractivity contribution >= 4 is 0 Å². The highest BCUT2D eigenvalue weighted by atomic mass is 19.3. The predicted molar refractivity (Wildman–Crippen MR) is 49.2 cm³/mol. The monoisotopic (exact) mass is 217 g/mol. The van der Waals surface area contributed by atoms with Gasteiger partial charge < -0.3 is 9.26 Å². The van der Waals surface area contributed by atoms with Crippen LogP contribution in [0.15, 0.2) is 10.6 Å². The molecule has 5 heteroatoms. The fourth-order valence-electron chi connectivity index (χ4n) is 1.13. The van der Waals surface area contributed by atoms with E-state index in [4.69, 9.17) is 9.26 Å². The molecule has 1 aliphatic rings. The maximum absolute atomic E-state index is 12.5. The standard InChI is InChI=1S/C10H13F2NO2/c1-9(2,3)6-4-8(13-15-6)14-7-5-10(7,11)12/h4,7H,5H2,1-3H3. The Morgan fingerprint density at radius 1 is 1.53 bits per heavy atom. The van der Waals surface area contributed by atoms with E-state index >= 15 is 0 Å². The number of nitrogens with zero attached hydrogens (tertiary/aromatic N) is 1. The van der Waals surface area contributed by atoms with Crippen molar-refractivity contribution in [2.24, 2.45) is 0 Å². The second-order valence-corrected chi connectivity index (χ2v) is 4.85. The fourth-order valence-corrected chi connectivity index (χ4v) is 1.13. The molecule has 0 saturated heterocycles. The molecule has 0 aliphatic heterocycles. The molecule has 3 nitrogen and oxygen atoms in total. The highest BCUT2D eigenvalue weighted by Crippen LogP contribution is 2.44. The van der Waals surface area contributed by atoms with Gasteiger partial charge in [-0.15, -0.1) is 0 Å². The molecule has 15 heavy (non-hydrogen) atoms. The van der Waals surface area contributed by atoms with Crippen LogP contribution in [0, 0.1) is 0 Å². The van der Waals surface area contributed by atoms with Crippen LogP contribution in [0.2, 0.25) is 0 Å². The Hall–Kier alpha value is -1.13. The van der Waals surface area contributed by atoms with Crippen molar-refractivity contribution in [2.75, 3.05) is 0 Å². The Morgan fingerprint density at radius 2 is 2.13 bits per heavy atom. The molecule has 1 aliphatic carbocycles. The second kappa shape index (κ2) is 2.93. The van der Waals surface area contributed by atoms with Crippen LogP contribution >= 0.6 is 0 Å². The van der Waals surface area contributed by atoms with Crippen LogP contribution in [0.25, 0.3) is 0 Å². The summed E-state index contributed by atoms with van der Waals surface area (Å²) >= 11 is 0. The molecule has 0 spiro atoms. The highest BCUT2D eigenvalue weighted by molar-refractivity contribution is 5.18. The van der Waals surface area contributed by atoms with Crippen LogP contribution in [-0.4, -0.2) is 17.2 Å². The smallest absolute Gasteiger partial charge is 0.288 e. The second-order valence-electron chi connectivity index (χ2n) is 4.85. The number of alkyl halides is 2. The summed E-state index contributed by atoms with van der Waals surface area (Å²) in [5.74, 6) is -1.93. The molecule has 1 aromatic rings. The van der Waals surface area contributed by atoms with Gasteiger partial charge in [0.25, 0.3) is 11.8 Å². The summed E-state index contributed by atoms with van der Waals surface area (Å²) in [4.78, 5) is 0. The van der Waals surface area contributed by atoms with Crippen molar-refractivity contribution < 1.29 is 18.0 Å². The molecule has 0 N–H and O–H groups in total. The zero-order chi connectivity index (χ0) is 11.3. The number of rotatable bonds is 2. The molecule has 0 amide bonds. The van der Waals surface area contributed by atoms with Crippen LogP contribution in [-0.2, 0) is 5.41 Å². The van der Waals surface area contributed by atoms with Gasteiger partial charge in [-0.05, 0) is 5.16 Å². The number of halogens is 2. The van der Waals surface area contributed by atoms with Gasteiger partial charge in [-0.25, -0.2) is 8.78 Å². The van der Waals surface area contributed by atoms with Gasteiger partial charge >= 0.3 is 0 Å². The average molecular weight is 217 g/mol. The lowest BCUT2D eigenvalue weighted by atomic mass is 9.94. The molecule has 1 fully saturated rings. The summed E-state index contributed by atoms with van der Waals surface area (Å²) in [6, 6.07) is 1.56. The third-order valence-corrected chi connectivity index (χ3v) is 2.26. The fraction of sp³-hybridized carbons (Fsp3) is 0.700. The van der Waals surface area contributed by atoms with Gasteiger partial charge in [-0.3, -0.25) is 0 Å². The average Bonchev–Trinajstić information content (AvgIpc) is 2.51. The lowest BCUT2D eigenvalue weighted by molar-refractivity contribution is 0.0635. The molecule has 2 rings (SSSR count). The minimum atomic E-state index is -2.69. The summed E-state index contributed by atoms with van der Waals surface area (Å²) in [5.41, 5.74) is -0.194. The summed E-state index contributed by atoms with van der Waals surface area (Å²) in [5, 5.41) is 3.60. The molecule has 0 aromatic carbocycles. The number of hydrogen-bond acceptors (Lipinski definition) is 3. The van der Waals surface area contributed by atoms with E-state index in [0.29, 0.717) is 5.76 Å². The molecular weight excluding hydrogens is 204 g/mol. The van der Waals surface area contributed by atoms with Crippen LogP contribution in [0.3, 0.4) is 0 Å². The zero-order valence-electron chi connectivity index (χ0n) is 8.88. The quantitative estimate of drug-likeness (QED) is 0.764. The van der Waals surface area contributed by atoms with E-state index in [2.05, 4.69) is 5.16 Å². The van der Waals surface area contributed by atoms with E-state index in [9.17, 15) is 8.78 Å². The number of aromatic nitrogens is 1. The van der Waals surface area contributed by atoms with Gasteiger partial charge in [-0.1, -0.05) is 20.8 Å². The third-order valence-electron chi connectivity index (χ3n) is 2.26. The first-order chi connectivity index (χ1) is 6.79. The van der Waals surface area contributed by atoms with E-state index in [0.717, 1.165) is 0 Å². The topological polar surface area (TPSA) is 35.3 Å². The lowest BCUT2D eigenvalue weighted by Gasteiger charge is -2.11. The first kappa shape index (κ1) is 10.4. The Kier molecular flexibility index (Phi) is 2.03. The van der Waals surface area contributed by atoms with Crippen LogP contribution in [0.5, 0.6) is 5.88 Å². The van der Waals surface area contributed by atoms with Gasteiger partial charge in [0.15, 0.2) is 6.10 Å². The number of ether oxygens (including phenoxy) is 1. The first-order valence-corrected chi connectivity index (χ1v) is 4.81. The van der Waals surface area contributed by atoms with Crippen LogP contribution in [0.4, 0.5) is 8.78 Å². The third kappa shape index (κ3) is 2.11. The Balaban J connectivity index is 2.03. The molecule has 1 heterocycles. The SMILES string of the molecule is CC(C)(C)c1cc(OC2CC2(F)F)no1. The number of hydrogen-bond donors (Lipinski definition) is 0. The molecule has 0 bridgehead atoms. The molecule has 1 atom stereocenters. The van der Waals surface area contributed by atoms with Crippen molar-refractivity contribution in [3.63, 3.8) is 0 Å². The van der Waals surface area contributed by atoms with Crippen LogP contribution in [0.1, 0.15) is 33.0 Å². The molecule has 1 saturated carbocycles. The Labute approximate surface area is 86.4 Å². The van der Waals surface area contributed by atoms with Crippen molar-refractivity contribution in [2.45, 2.75) is 44.6 Å². The van der Waals surface area contributed by atoms with Crippen LogP contribution < -0.4 is 4.74 Å². The Bertz CT molecular complexity index is 368. The minimum Gasteiger partial charge on any atom is -0.466 e. The van der Waals surface area contributed by atoms with Crippen molar-refractivity contribution in [1.29, 1.82) is 0 Å². The molecule has 0 radical (unpaired) electrons. The van der Waals surface area contributed by atoms with E-state index in [1.165, 1.54) is 0 Å². The Morgan fingerprint density at radius 3 is 2.53 bits per heavy atom. The van der Waals surface area contributed by atoms with Gasteiger partial charge in [0.05, 0.1) is 6.42 Å². The summed E-state index contributed by atoms with van der Waals surface area (Å²) in [6.07, 6.45) is -1.26. The van der Waals surface area contributed by atoms with Gasteiger partial charge in [-0.2, -0.15) is 0 Å². The highest BCUT2D eigenvalue weighted by Gasteiger charge is 2.60. The van der Waals surface area contributed by atoms with E-state index in [1.54, 1.807) is 6.07 Å².